The number of aromatic nitrogens is 2. The summed E-state index contributed by atoms with van der Waals surface area (Å²) in [6, 6.07) is 5.90. The van der Waals surface area contributed by atoms with Crippen molar-refractivity contribution in [3.8, 4) is 5.75 Å². The molecule has 1 aromatic heterocycles. The van der Waals surface area contributed by atoms with Crippen molar-refractivity contribution in [2.45, 2.75) is 26.1 Å². The Hall–Kier alpha value is -1.92. The van der Waals surface area contributed by atoms with Crippen molar-refractivity contribution in [2.24, 2.45) is 0 Å². The van der Waals surface area contributed by atoms with Crippen LogP contribution in [0, 0.1) is 6.92 Å². The molecule has 0 aliphatic carbocycles. The third-order valence-corrected chi connectivity index (χ3v) is 3.97. The lowest BCUT2D eigenvalue weighted by Crippen LogP contribution is -2.48. The van der Waals surface area contributed by atoms with Crippen LogP contribution in [0.5, 0.6) is 5.75 Å². The summed E-state index contributed by atoms with van der Waals surface area (Å²) in [4.78, 5) is 11.5. The van der Waals surface area contributed by atoms with Gasteiger partial charge in [-0.2, -0.15) is 0 Å². The van der Waals surface area contributed by atoms with Crippen LogP contribution >= 0.6 is 0 Å². The van der Waals surface area contributed by atoms with E-state index in [0.29, 0.717) is 6.61 Å². The largest absolute Gasteiger partial charge is 0.497 e. The first-order valence-electron chi connectivity index (χ1n) is 7.82. The molecule has 6 nitrogen and oxygen atoms in total. The number of methoxy groups -OCH3 is 2. The SMILES string of the molecule is COCC1CN(c2nc(C)nc3ccc(OC)cc23)CC(C)O1. The molecule has 2 heterocycles. The van der Waals surface area contributed by atoms with E-state index in [1.807, 2.05) is 25.1 Å². The summed E-state index contributed by atoms with van der Waals surface area (Å²) >= 11 is 0. The standard InChI is InChI=1S/C17H23N3O3/c1-11-8-20(9-14(23-11)10-21-3)17-15-7-13(22-4)5-6-16(15)18-12(2)19-17/h5-7,11,14H,8-10H2,1-4H3. The molecule has 2 unspecified atom stereocenters. The second-order valence-electron chi connectivity index (χ2n) is 5.91. The Labute approximate surface area is 136 Å². The third-order valence-electron chi connectivity index (χ3n) is 3.97. The number of hydrogen-bond donors (Lipinski definition) is 0. The monoisotopic (exact) mass is 317 g/mol. The predicted molar refractivity (Wildman–Crippen MR) is 89.3 cm³/mol. The van der Waals surface area contributed by atoms with Crippen molar-refractivity contribution in [1.82, 2.24) is 9.97 Å². The average Bonchev–Trinajstić information content (AvgIpc) is 2.53. The van der Waals surface area contributed by atoms with E-state index < -0.39 is 0 Å². The van der Waals surface area contributed by atoms with Crippen molar-refractivity contribution >= 4 is 16.7 Å². The maximum Gasteiger partial charge on any atom is 0.140 e. The number of ether oxygens (including phenoxy) is 3. The zero-order valence-corrected chi connectivity index (χ0v) is 14.1. The summed E-state index contributed by atoms with van der Waals surface area (Å²) in [5.41, 5.74) is 0.927. The lowest BCUT2D eigenvalue weighted by molar-refractivity contribution is -0.0512. The Balaban J connectivity index is 2.03. The highest BCUT2D eigenvalue weighted by Crippen LogP contribution is 2.29. The second-order valence-corrected chi connectivity index (χ2v) is 5.91. The molecule has 1 aliphatic heterocycles. The molecule has 124 valence electrons. The summed E-state index contributed by atoms with van der Waals surface area (Å²) in [5.74, 6) is 2.50. The van der Waals surface area contributed by atoms with Gasteiger partial charge in [-0.25, -0.2) is 9.97 Å². The Morgan fingerprint density at radius 3 is 2.83 bits per heavy atom. The van der Waals surface area contributed by atoms with Gasteiger partial charge in [0.2, 0.25) is 0 Å². The minimum absolute atomic E-state index is 0.0414. The minimum Gasteiger partial charge on any atom is -0.497 e. The smallest absolute Gasteiger partial charge is 0.140 e. The molecule has 2 aromatic rings. The van der Waals surface area contributed by atoms with Gasteiger partial charge in [-0.15, -0.1) is 0 Å². The van der Waals surface area contributed by atoms with Gasteiger partial charge in [0.15, 0.2) is 0 Å². The van der Waals surface area contributed by atoms with Crippen LogP contribution < -0.4 is 9.64 Å². The third kappa shape index (κ3) is 3.38. The van der Waals surface area contributed by atoms with E-state index in [9.17, 15) is 0 Å². The van der Waals surface area contributed by atoms with Gasteiger partial charge in [-0.3, -0.25) is 0 Å². The number of anilines is 1. The van der Waals surface area contributed by atoms with Crippen LogP contribution in [0.15, 0.2) is 18.2 Å². The van der Waals surface area contributed by atoms with E-state index in [2.05, 4.69) is 16.8 Å². The molecule has 0 spiro atoms. The summed E-state index contributed by atoms with van der Waals surface area (Å²) < 4.78 is 16.5. The average molecular weight is 317 g/mol. The van der Waals surface area contributed by atoms with Gasteiger partial charge in [0, 0.05) is 25.6 Å². The minimum atomic E-state index is 0.0414. The molecule has 0 saturated carbocycles. The van der Waals surface area contributed by atoms with Crippen LogP contribution in [0.1, 0.15) is 12.7 Å². The van der Waals surface area contributed by atoms with Crippen LogP contribution in [-0.4, -0.2) is 56.1 Å². The molecule has 1 aliphatic rings. The van der Waals surface area contributed by atoms with E-state index in [1.165, 1.54) is 0 Å². The van der Waals surface area contributed by atoms with Gasteiger partial charge in [-0.05, 0) is 32.0 Å². The van der Waals surface area contributed by atoms with Gasteiger partial charge >= 0.3 is 0 Å². The molecule has 3 rings (SSSR count). The molecule has 0 amide bonds. The van der Waals surface area contributed by atoms with Crippen LogP contribution in [0.2, 0.25) is 0 Å². The molecule has 0 bridgehead atoms. The van der Waals surface area contributed by atoms with Crippen molar-refractivity contribution < 1.29 is 14.2 Å². The summed E-state index contributed by atoms with van der Waals surface area (Å²) in [6.07, 6.45) is 0.166. The molecule has 0 radical (unpaired) electrons. The van der Waals surface area contributed by atoms with Crippen LogP contribution in [-0.2, 0) is 9.47 Å². The first kappa shape index (κ1) is 16.0. The molecule has 23 heavy (non-hydrogen) atoms. The number of hydrogen-bond acceptors (Lipinski definition) is 6. The first-order chi connectivity index (χ1) is 11.1. The van der Waals surface area contributed by atoms with Gasteiger partial charge in [-0.1, -0.05) is 0 Å². The number of fused-ring (bicyclic) bond motifs is 1. The molecule has 1 fully saturated rings. The number of aryl methyl sites for hydroxylation is 1. The van der Waals surface area contributed by atoms with Gasteiger partial charge in [0.25, 0.3) is 0 Å². The van der Waals surface area contributed by atoms with Crippen LogP contribution in [0.3, 0.4) is 0 Å². The van der Waals surface area contributed by atoms with E-state index in [4.69, 9.17) is 19.2 Å². The fourth-order valence-electron chi connectivity index (χ4n) is 3.07. The molecular formula is C17H23N3O3. The van der Waals surface area contributed by atoms with Crippen molar-refractivity contribution in [1.29, 1.82) is 0 Å². The zero-order valence-electron chi connectivity index (χ0n) is 14.1. The Morgan fingerprint density at radius 1 is 1.26 bits per heavy atom. The van der Waals surface area contributed by atoms with E-state index >= 15 is 0 Å². The fraction of sp³-hybridized carbons (Fsp3) is 0.529. The lowest BCUT2D eigenvalue weighted by Gasteiger charge is -2.37. The summed E-state index contributed by atoms with van der Waals surface area (Å²) in [6.45, 7) is 6.12. The number of rotatable bonds is 4. The Bertz CT molecular complexity index is 692. The maximum absolute atomic E-state index is 5.93. The summed E-state index contributed by atoms with van der Waals surface area (Å²) in [7, 11) is 3.36. The summed E-state index contributed by atoms with van der Waals surface area (Å²) in [5, 5.41) is 1.00. The molecule has 1 aromatic carbocycles. The van der Waals surface area contributed by atoms with Gasteiger partial charge < -0.3 is 19.1 Å². The first-order valence-corrected chi connectivity index (χ1v) is 7.82. The van der Waals surface area contributed by atoms with Crippen LogP contribution in [0.4, 0.5) is 5.82 Å². The maximum atomic E-state index is 5.93. The number of benzene rings is 1. The molecule has 1 saturated heterocycles. The van der Waals surface area contributed by atoms with Gasteiger partial charge in [0.1, 0.15) is 17.4 Å². The Kier molecular flexibility index (Phi) is 4.63. The highest BCUT2D eigenvalue weighted by molar-refractivity contribution is 5.90. The lowest BCUT2D eigenvalue weighted by atomic mass is 10.1. The molecular weight excluding hydrogens is 294 g/mol. The predicted octanol–water partition coefficient (Wildman–Crippen LogP) is 2.19. The van der Waals surface area contributed by atoms with Crippen LogP contribution in [0.25, 0.3) is 10.9 Å². The Morgan fingerprint density at radius 2 is 2.09 bits per heavy atom. The van der Waals surface area contributed by atoms with Crippen molar-refractivity contribution in [3.63, 3.8) is 0 Å². The van der Waals surface area contributed by atoms with E-state index in [0.717, 1.165) is 41.4 Å². The number of nitrogens with zero attached hydrogens (tertiary/aromatic N) is 3. The highest BCUT2D eigenvalue weighted by Gasteiger charge is 2.27. The van der Waals surface area contributed by atoms with E-state index in [1.54, 1.807) is 14.2 Å². The molecule has 0 N–H and O–H groups in total. The molecule has 6 heteroatoms. The zero-order chi connectivity index (χ0) is 16.4. The quantitative estimate of drug-likeness (QED) is 0.861. The highest BCUT2D eigenvalue weighted by atomic mass is 16.5. The normalized spacial score (nSPS) is 21.7. The van der Waals surface area contributed by atoms with E-state index in [-0.39, 0.29) is 12.2 Å². The fourth-order valence-corrected chi connectivity index (χ4v) is 3.07. The topological polar surface area (TPSA) is 56.7 Å². The number of morpholine rings is 1. The van der Waals surface area contributed by atoms with Crippen molar-refractivity contribution in [3.05, 3.63) is 24.0 Å². The van der Waals surface area contributed by atoms with Crippen molar-refractivity contribution in [2.75, 3.05) is 38.8 Å². The van der Waals surface area contributed by atoms with Gasteiger partial charge in [0.05, 0.1) is 31.4 Å². The molecule has 2 atom stereocenters. The second kappa shape index (κ2) is 6.68.